The molecule has 0 amide bonds. The first-order chi connectivity index (χ1) is 7.67. The average Bonchev–Trinajstić information content (AvgIpc) is 2.30. The Hall–Kier alpha value is -1.36. The van der Waals surface area contributed by atoms with Crippen molar-refractivity contribution in [1.82, 2.24) is 9.97 Å². The molecule has 5 nitrogen and oxygen atoms in total. The summed E-state index contributed by atoms with van der Waals surface area (Å²) < 4.78 is 0. The van der Waals surface area contributed by atoms with Crippen molar-refractivity contribution in [3.8, 4) is 0 Å². The van der Waals surface area contributed by atoms with Gasteiger partial charge in [-0.2, -0.15) is 0 Å². The summed E-state index contributed by atoms with van der Waals surface area (Å²) in [5.74, 6) is 0.820. The van der Waals surface area contributed by atoms with Crippen molar-refractivity contribution in [1.29, 1.82) is 0 Å². The van der Waals surface area contributed by atoms with Crippen LogP contribution in [0.3, 0.4) is 0 Å². The molecule has 0 spiro atoms. The highest BCUT2D eigenvalue weighted by Gasteiger charge is 2.15. The molecule has 1 aromatic heterocycles. The maximum atomic E-state index is 9.88. The summed E-state index contributed by atoms with van der Waals surface area (Å²) in [5.41, 5.74) is 6.01. The summed E-state index contributed by atoms with van der Waals surface area (Å²) >= 11 is 0. The molecule has 1 atom stereocenters. The van der Waals surface area contributed by atoms with Crippen LogP contribution in [0.4, 0.5) is 11.6 Å². The van der Waals surface area contributed by atoms with Gasteiger partial charge in [-0.05, 0) is 5.92 Å². The fraction of sp³-hybridized carbons (Fsp3) is 0.636. The second-order valence-electron chi connectivity index (χ2n) is 3.86. The lowest BCUT2D eigenvalue weighted by Gasteiger charge is -2.20. The van der Waals surface area contributed by atoms with E-state index >= 15 is 0 Å². The van der Waals surface area contributed by atoms with Gasteiger partial charge in [0.15, 0.2) is 0 Å². The van der Waals surface area contributed by atoms with Crippen molar-refractivity contribution >= 4 is 11.6 Å². The van der Waals surface area contributed by atoms with Gasteiger partial charge in [0, 0.05) is 6.54 Å². The number of nitrogens with two attached hydrogens (primary N) is 1. The zero-order valence-electron chi connectivity index (χ0n) is 9.85. The first-order valence-corrected chi connectivity index (χ1v) is 5.66. The Morgan fingerprint density at radius 1 is 1.31 bits per heavy atom. The largest absolute Gasteiger partial charge is 0.396 e. The molecule has 5 heteroatoms. The van der Waals surface area contributed by atoms with Crippen molar-refractivity contribution in [3.05, 3.63) is 12.4 Å². The lowest BCUT2D eigenvalue weighted by atomic mass is 9.97. The predicted molar refractivity (Wildman–Crippen MR) is 65.0 cm³/mol. The maximum Gasteiger partial charge on any atom is 0.222 e. The molecule has 0 aliphatic rings. The highest BCUT2D eigenvalue weighted by Crippen LogP contribution is 2.13. The van der Waals surface area contributed by atoms with Gasteiger partial charge in [-0.3, -0.25) is 0 Å². The Labute approximate surface area is 96.1 Å². The number of nitrogen functional groups attached to an aromatic ring is 1. The van der Waals surface area contributed by atoms with Crippen LogP contribution in [0.25, 0.3) is 0 Å². The van der Waals surface area contributed by atoms with Crippen LogP contribution in [0.1, 0.15) is 26.7 Å². The number of aliphatic hydroxyl groups excluding tert-OH is 1. The van der Waals surface area contributed by atoms with Crippen LogP contribution < -0.4 is 11.1 Å². The van der Waals surface area contributed by atoms with Gasteiger partial charge in [0.25, 0.3) is 0 Å². The Balaban J connectivity index is 2.42. The standard InChI is InChI=1S/C11H20N4O/c1-3-8(4-2)10(16)7-15-11-13-5-9(12)6-14-11/h5-6,8,10,16H,3-4,7,12H2,1-2H3,(H,13,14,15). The highest BCUT2D eigenvalue weighted by molar-refractivity contribution is 5.35. The zero-order chi connectivity index (χ0) is 12.0. The lowest BCUT2D eigenvalue weighted by molar-refractivity contribution is 0.114. The van der Waals surface area contributed by atoms with Crippen molar-refractivity contribution in [3.63, 3.8) is 0 Å². The van der Waals surface area contributed by atoms with Crippen LogP contribution in [0.5, 0.6) is 0 Å². The number of anilines is 2. The summed E-state index contributed by atoms with van der Waals surface area (Å²) in [4.78, 5) is 8.01. The Bertz CT molecular complexity index is 297. The van der Waals surface area contributed by atoms with Gasteiger partial charge in [0.2, 0.25) is 5.95 Å². The molecule has 4 N–H and O–H groups in total. The first-order valence-electron chi connectivity index (χ1n) is 5.66. The molecule has 0 fully saturated rings. The summed E-state index contributed by atoms with van der Waals surface area (Å²) in [6.07, 6.45) is 4.66. The molecule has 1 unspecified atom stereocenters. The molecular formula is C11H20N4O. The molecule has 1 heterocycles. The normalized spacial score (nSPS) is 12.8. The van der Waals surface area contributed by atoms with Crippen molar-refractivity contribution < 1.29 is 5.11 Å². The molecule has 1 rings (SSSR count). The number of aliphatic hydroxyl groups is 1. The number of aromatic nitrogens is 2. The van der Waals surface area contributed by atoms with Gasteiger partial charge in [-0.25, -0.2) is 9.97 Å². The summed E-state index contributed by atoms with van der Waals surface area (Å²) in [7, 11) is 0. The van der Waals surface area contributed by atoms with E-state index in [1.165, 1.54) is 0 Å². The number of nitrogens with zero attached hydrogens (tertiary/aromatic N) is 2. The fourth-order valence-corrected chi connectivity index (χ4v) is 1.62. The van der Waals surface area contributed by atoms with Gasteiger partial charge in [0.1, 0.15) is 0 Å². The number of rotatable bonds is 6. The van der Waals surface area contributed by atoms with Crippen LogP contribution >= 0.6 is 0 Å². The number of hydrogen-bond acceptors (Lipinski definition) is 5. The third-order valence-corrected chi connectivity index (χ3v) is 2.73. The maximum absolute atomic E-state index is 9.88. The lowest BCUT2D eigenvalue weighted by Crippen LogP contribution is -2.28. The number of hydrogen-bond donors (Lipinski definition) is 3. The summed E-state index contributed by atoms with van der Waals surface area (Å²) in [5, 5.41) is 12.9. The van der Waals surface area contributed by atoms with E-state index in [0.29, 0.717) is 24.1 Å². The molecule has 0 saturated heterocycles. The van der Waals surface area contributed by atoms with Gasteiger partial charge < -0.3 is 16.2 Å². The van der Waals surface area contributed by atoms with E-state index in [1.807, 2.05) is 0 Å². The molecule has 16 heavy (non-hydrogen) atoms. The molecule has 90 valence electrons. The SMILES string of the molecule is CCC(CC)C(O)CNc1ncc(N)cn1. The smallest absolute Gasteiger partial charge is 0.222 e. The Kier molecular flexibility index (Phi) is 4.98. The van der Waals surface area contributed by atoms with Gasteiger partial charge in [-0.15, -0.1) is 0 Å². The fourth-order valence-electron chi connectivity index (χ4n) is 1.62. The molecular weight excluding hydrogens is 204 g/mol. The van der Waals surface area contributed by atoms with E-state index in [1.54, 1.807) is 12.4 Å². The second kappa shape index (κ2) is 6.27. The minimum atomic E-state index is -0.365. The quantitative estimate of drug-likeness (QED) is 0.677. The van der Waals surface area contributed by atoms with Gasteiger partial charge >= 0.3 is 0 Å². The second-order valence-corrected chi connectivity index (χ2v) is 3.86. The first kappa shape index (κ1) is 12.7. The number of nitrogens with one attached hydrogen (secondary N) is 1. The van der Waals surface area contributed by atoms with E-state index in [4.69, 9.17) is 5.73 Å². The van der Waals surface area contributed by atoms with Crippen LogP contribution in [0.15, 0.2) is 12.4 Å². The minimum Gasteiger partial charge on any atom is -0.396 e. The van der Waals surface area contributed by atoms with Crippen LogP contribution in [-0.4, -0.2) is 27.7 Å². The van der Waals surface area contributed by atoms with Gasteiger partial charge in [0.05, 0.1) is 24.2 Å². The summed E-state index contributed by atoms with van der Waals surface area (Å²) in [6.45, 7) is 4.63. The van der Waals surface area contributed by atoms with Crippen molar-refractivity contribution in [2.75, 3.05) is 17.6 Å². The zero-order valence-corrected chi connectivity index (χ0v) is 9.85. The van der Waals surface area contributed by atoms with E-state index in [9.17, 15) is 5.11 Å². The molecule has 0 bridgehead atoms. The topological polar surface area (TPSA) is 84.1 Å². The van der Waals surface area contributed by atoms with Crippen LogP contribution in [0, 0.1) is 5.92 Å². The molecule has 0 saturated carbocycles. The monoisotopic (exact) mass is 224 g/mol. The molecule has 0 aromatic carbocycles. The van der Waals surface area contributed by atoms with E-state index < -0.39 is 0 Å². The third kappa shape index (κ3) is 3.66. The molecule has 0 aliphatic heterocycles. The van der Waals surface area contributed by atoms with Gasteiger partial charge in [-0.1, -0.05) is 26.7 Å². The molecule has 0 radical (unpaired) electrons. The van der Waals surface area contributed by atoms with E-state index in [2.05, 4.69) is 29.1 Å². The van der Waals surface area contributed by atoms with Crippen molar-refractivity contribution in [2.45, 2.75) is 32.8 Å². The van der Waals surface area contributed by atoms with Crippen LogP contribution in [0.2, 0.25) is 0 Å². The van der Waals surface area contributed by atoms with E-state index in [0.717, 1.165) is 12.8 Å². The summed E-state index contributed by atoms with van der Waals surface area (Å²) in [6, 6.07) is 0. The minimum absolute atomic E-state index is 0.321. The average molecular weight is 224 g/mol. The van der Waals surface area contributed by atoms with Crippen LogP contribution in [-0.2, 0) is 0 Å². The third-order valence-electron chi connectivity index (χ3n) is 2.73. The predicted octanol–water partition coefficient (Wildman–Crippen LogP) is 1.27. The molecule has 1 aromatic rings. The highest BCUT2D eigenvalue weighted by atomic mass is 16.3. The van der Waals surface area contributed by atoms with Crippen molar-refractivity contribution in [2.24, 2.45) is 5.92 Å². The van der Waals surface area contributed by atoms with E-state index in [-0.39, 0.29) is 6.10 Å². The Morgan fingerprint density at radius 3 is 2.38 bits per heavy atom. The molecule has 0 aliphatic carbocycles. The Morgan fingerprint density at radius 2 is 1.88 bits per heavy atom.